The number of aryl methyl sites for hydroxylation is 3. The van der Waals surface area contributed by atoms with E-state index in [9.17, 15) is 0 Å². The SMILES string of the molecule is CCc1c(CNC(C)C)cnn1-c1c(C)cc(C)cc1C. The van der Waals surface area contributed by atoms with Crippen LogP contribution in [-0.4, -0.2) is 15.8 Å². The van der Waals surface area contributed by atoms with Crippen LogP contribution in [0.25, 0.3) is 5.69 Å². The number of hydrogen-bond acceptors (Lipinski definition) is 2. The van der Waals surface area contributed by atoms with Gasteiger partial charge in [-0.3, -0.25) is 0 Å². The van der Waals surface area contributed by atoms with Crippen molar-refractivity contribution in [1.82, 2.24) is 15.1 Å². The molecular weight excluding hydrogens is 258 g/mol. The zero-order valence-electron chi connectivity index (χ0n) is 14.1. The molecule has 21 heavy (non-hydrogen) atoms. The highest BCUT2D eigenvalue weighted by Gasteiger charge is 2.14. The minimum absolute atomic E-state index is 0.487. The monoisotopic (exact) mass is 285 g/mol. The van der Waals surface area contributed by atoms with Gasteiger partial charge >= 0.3 is 0 Å². The van der Waals surface area contributed by atoms with Crippen LogP contribution >= 0.6 is 0 Å². The Bertz CT molecular complexity index is 600. The average molecular weight is 285 g/mol. The summed E-state index contributed by atoms with van der Waals surface area (Å²) >= 11 is 0. The third kappa shape index (κ3) is 3.35. The Morgan fingerprint density at radius 1 is 1.14 bits per heavy atom. The van der Waals surface area contributed by atoms with Gasteiger partial charge in [0.2, 0.25) is 0 Å². The van der Waals surface area contributed by atoms with Crippen LogP contribution in [0.2, 0.25) is 0 Å². The van der Waals surface area contributed by atoms with Crippen LogP contribution in [0, 0.1) is 20.8 Å². The van der Waals surface area contributed by atoms with Crippen LogP contribution in [0.5, 0.6) is 0 Å². The summed E-state index contributed by atoms with van der Waals surface area (Å²) in [5.41, 5.74) is 7.71. The van der Waals surface area contributed by atoms with E-state index in [1.165, 1.54) is 33.6 Å². The molecule has 3 heteroatoms. The fourth-order valence-electron chi connectivity index (χ4n) is 2.95. The summed E-state index contributed by atoms with van der Waals surface area (Å²) < 4.78 is 2.13. The maximum absolute atomic E-state index is 4.66. The molecule has 0 unspecified atom stereocenters. The summed E-state index contributed by atoms with van der Waals surface area (Å²) in [4.78, 5) is 0. The molecule has 0 amide bonds. The first-order valence-corrected chi connectivity index (χ1v) is 7.81. The van der Waals surface area contributed by atoms with E-state index in [4.69, 9.17) is 0 Å². The topological polar surface area (TPSA) is 29.9 Å². The second-order valence-corrected chi connectivity index (χ2v) is 6.16. The van der Waals surface area contributed by atoms with Gasteiger partial charge in [-0.25, -0.2) is 4.68 Å². The highest BCUT2D eigenvalue weighted by Crippen LogP contribution is 2.23. The van der Waals surface area contributed by atoms with E-state index in [0.29, 0.717) is 6.04 Å². The summed E-state index contributed by atoms with van der Waals surface area (Å²) in [5, 5.41) is 8.15. The van der Waals surface area contributed by atoms with Crippen LogP contribution in [0.4, 0.5) is 0 Å². The summed E-state index contributed by atoms with van der Waals surface area (Å²) in [6, 6.07) is 4.95. The van der Waals surface area contributed by atoms with Gasteiger partial charge in [0, 0.05) is 23.8 Å². The second-order valence-electron chi connectivity index (χ2n) is 6.16. The summed E-state index contributed by atoms with van der Waals surface area (Å²) in [6.07, 6.45) is 2.99. The molecule has 0 bridgehead atoms. The lowest BCUT2D eigenvalue weighted by molar-refractivity contribution is 0.586. The Morgan fingerprint density at radius 3 is 2.29 bits per heavy atom. The van der Waals surface area contributed by atoms with Crippen molar-refractivity contribution in [2.24, 2.45) is 0 Å². The number of nitrogens with zero attached hydrogens (tertiary/aromatic N) is 2. The minimum atomic E-state index is 0.487. The van der Waals surface area contributed by atoms with Gasteiger partial charge in [-0.1, -0.05) is 38.5 Å². The van der Waals surface area contributed by atoms with Crippen molar-refractivity contribution in [3.05, 3.63) is 46.3 Å². The smallest absolute Gasteiger partial charge is 0.0707 e. The molecule has 0 spiro atoms. The lowest BCUT2D eigenvalue weighted by Crippen LogP contribution is -2.22. The highest BCUT2D eigenvalue weighted by atomic mass is 15.3. The van der Waals surface area contributed by atoms with E-state index in [1.54, 1.807) is 0 Å². The maximum atomic E-state index is 4.66. The van der Waals surface area contributed by atoms with Crippen LogP contribution in [-0.2, 0) is 13.0 Å². The van der Waals surface area contributed by atoms with E-state index in [1.807, 2.05) is 6.20 Å². The zero-order chi connectivity index (χ0) is 15.6. The number of hydrogen-bond donors (Lipinski definition) is 1. The Morgan fingerprint density at radius 2 is 1.76 bits per heavy atom. The lowest BCUT2D eigenvalue weighted by Gasteiger charge is -2.15. The molecule has 3 nitrogen and oxygen atoms in total. The van der Waals surface area contributed by atoms with Crippen molar-refractivity contribution >= 4 is 0 Å². The number of aromatic nitrogens is 2. The first kappa shape index (κ1) is 15.8. The van der Waals surface area contributed by atoms with E-state index in [2.05, 4.69) is 68.8 Å². The predicted molar refractivity (Wildman–Crippen MR) is 89.1 cm³/mol. The molecule has 2 rings (SSSR count). The van der Waals surface area contributed by atoms with Crippen LogP contribution < -0.4 is 5.32 Å². The molecule has 1 aromatic carbocycles. The third-order valence-electron chi connectivity index (χ3n) is 3.84. The highest BCUT2D eigenvalue weighted by molar-refractivity contribution is 5.50. The molecule has 1 N–H and O–H groups in total. The van der Waals surface area contributed by atoms with Gasteiger partial charge in [0.25, 0.3) is 0 Å². The summed E-state index contributed by atoms with van der Waals surface area (Å²) in [5.74, 6) is 0. The van der Waals surface area contributed by atoms with Crippen molar-refractivity contribution in [3.63, 3.8) is 0 Å². The van der Waals surface area contributed by atoms with Crippen molar-refractivity contribution in [2.75, 3.05) is 0 Å². The molecule has 0 saturated heterocycles. The largest absolute Gasteiger partial charge is 0.310 e. The minimum Gasteiger partial charge on any atom is -0.310 e. The lowest BCUT2D eigenvalue weighted by atomic mass is 10.0. The number of benzene rings is 1. The van der Waals surface area contributed by atoms with Crippen LogP contribution in [0.1, 0.15) is 48.7 Å². The predicted octanol–water partition coefficient (Wildman–Crippen LogP) is 3.86. The standard InChI is InChI=1S/C18H27N3/c1-7-17-16(10-19-12(2)3)11-20-21(17)18-14(5)8-13(4)9-15(18)6/h8-9,11-12,19H,7,10H2,1-6H3. The molecule has 0 aliphatic carbocycles. The Kier molecular flexibility index (Phi) is 4.84. The van der Waals surface area contributed by atoms with Crippen LogP contribution in [0.15, 0.2) is 18.3 Å². The summed E-state index contributed by atoms with van der Waals surface area (Å²) in [7, 11) is 0. The van der Waals surface area contributed by atoms with Gasteiger partial charge in [0.15, 0.2) is 0 Å². The molecule has 0 aliphatic rings. The summed E-state index contributed by atoms with van der Waals surface area (Å²) in [6.45, 7) is 13.9. The number of rotatable bonds is 5. The maximum Gasteiger partial charge on any atom is 0.0707 e. The van der Waals surface area contributed by atoms with Crippen molar-refractivity contribution in [2.45, 2.75) is 60.5 Å². The van der Waals surface area contributed by atoms with Gasteiger partial charge in [0.1, 0.15) is 0 Å². The number of nitrogens with one attached hydrogen (secondary N) is 1. The Balaban J connectivity index is 2.46. The van der Waals surface area contributed by atoms with Gasteiger partial charge in [-0.2, -0.15) is 5.10 Å². The molecule has 0 aliphatic heterocycles. The van der Waals surface area contributed by atoms with E-state index >= 15 is 0 Å². The molecule has 2 aromatic rings. The molecule has 114 valence electrons. The quantitative estimate of drug-likeness (QED) is 0.904. The Hall–Kier alpha value is -1.61. The molecule has 1 heterocycles. The molecule has 0 radical (unpaired) electrons. The van der Waals surface area contributed by atoms with Crippen molar-refractivity contribution in [3.8, 4) is 5.69 Å². The van der Waals surface area contributed by atoms with Gasteiger partial charge in [-0.05, 0) is 38.3 Å². The van der Waals surface area contributed by atoms with E-state index < -0.39 is 0 Å². The molecular formula is C18H27N3. The van der Waals surface area contributed by atoms with E-state index in [0.717, 1.165) is 13.0 Å². The fraction of sp³-hybridized carbons (Fsp3) is 0.500. The van der Waals surface area contributed by atoms with Gasteiger partial charge in [0.05, 0.1) is 11.9 Å². The van der Waals surface area contributed by atoms with E-state index in [-0.39, 0.29) is 0 Å². The third-order valence-corrected chi connectivity index (χ3v) is 3.84. The molecule has 0 fully saturated rings. The van der Waals surface area contributed by atoms with Crippen LogP contribution in [0.3, 0.4) is 0 Å². The average Bonchev–Trinajstić information content (AvgIpc) is 2.77. The van der Waals surface area contributed by atoms with Crippen molar-refractivity contribution < 1.29 is 0 Å². The second kappa shape index (κ2) is 6.44. The zero-order valence-corrected chi connectivity index (χ0v) is 14.1. The first-order chi connectivity index (χ1) is 9.93. The molecule has 0 atom stereocenters. The molecule has 1 aromatic heterocycles. The molecule has 0 saturated carbocycles. The first-order valence-electron chi connectivity index (χ1n) is 7.81. The van der Waals surface area contributed by atoms with Crippen molar-refractivity contribution in [1.29, 1.82) is 0 Å². The van der Waals surface area contributed by atoms with Gasteiger partial charge < -0.3 is 5.32 Å². The van der Waals surface area contributed by atoms with Gasteiger partial charge in [-0.15, -0.1) is 0 Å². The Labute approximate surface area is 128 Å². The normalized spacial score (nSPS) is 11.4. The fourth-order valence-corrected chi connectivity index (χ4v) is 2.95.